The van der Waals surface area contributed by atoms with Gasteiger partial charge < -0.3 is 5.11 Å². The van der Waals surface area contributed by atoms with Crippen molar-refractivity contribution in [2.24, 2.45) is 7.05 Å². The molecule has 31 heavy (non-hydrogen) atoms. The van der Waals surface area contributed by atoms with Gasteiger partial charge in [-0.2, -0.15) is 4.98 Å². The van der Waals surface area contributed by atoms with Crippen molar-refractivity contribution in [3.05, 3.63) is 91.8 Å². The van der Waals surface area contributed by atoms with Crippen LogP contribution in [0.5, 0.6) is 5.75 Å². The molecule has 8 nitrogen and oxygen atoms in total. The Bertz CT molecular complexity index is 1610. The fourth-order valence-corrected chi connectivity index (χ4v) is 4.13. The Morgan fingerprint density at radius 2 is 1.87 bits per heavy atom. The fraction of sp³-hybridized carbons (Fsp3) is 0.136. The molecule has 156 valence electrons. The molecule has 0 bridgehead atoms. The molecule has 2 aromatic carbocycles. The number of fused-ring (bicyclic) bond motifs is 3. The standard InChI is InChI=1S/C22H18ClN5O3/c1-13-11-26-18-19(24-21(26)28(13)16-8-3-4-9-17(16)29)25(2)22(31)27(20(18)30)12-14-6-5-7-15(23)10-14/h3-11,29H,12H2,1-2H3. The average molecular weight is 436 g/mol. The van der Waals surface area contributed by atoms with Gasteiger partial charge in [0.15, 0.2) is 11.2 Å². The number of aromatic nitrogens is 5. The van der Waals surface area contributed by atoms with E-state index >= 15 is 0 Å². The maximum Gasteiger partial charge on any atom is 0.332 e. The summed E-state index contributed by atoms with van der Waals surface area (Å²) >= 11 is 6.06. The van der Waals surface area contributed by atoms with Crippen LogP contribution >= 0.6 is 11.6 Å². The van der Waals surface area contributed by atoms with Gasteiger partial charge in [-0.25, -0.2) is 4.79 Å². The molecule has 0 radical (unpaired) electrons. The Labute approximate surface area is 180 Å². The summed E-state index contributed by atoms with van der Waals surface area (Å²) in [6.07, 6.45) is 1.77. The first-order valence-electron chi connectivity index (χ1n) is 9.59. The summed E-state index contributed by atoms with van der Waals surface area (Å²) in [5.74, 6) is 0.518. The monoisotopic (exact) mass is 435 g/mol. The van der Waals surface area contributed by atoms with E-state index in [4.69, 9.17) is 11.6 Å². The highest BCUT2D eigenvalue weighted by atomic mass is 35.5. The van der Waals surface area contributed by atoms with Gasteiger partial charge >= 0.3 is 5.69 Å². The number of para-hydroxylation sites is 2. The van der Waals surface area contributed by atoms with Crippen molar-refractivity contribution < 1.29 is 5.11 Å². The summed E-state index contributed by atoms with van der Waals surface area (Å²) in [7, 11) is 1.59. The van der Waals surface area contributed by atoms with Crippen LogP contribution in [0.1, 0.15) is 11.3 Å². The van der Waals surface area contributed by atoms with Gasteiger partial charge in [-0.05, 0) is 36.8 Å². The fourth-order valence-electron chi connectivity index (χ4n) is 3.92. The van der Waals surface area contributed by atoms with E-state index in [2.05, 4.69) is 4.98 Å². The van der Waals surface area contributed by atoms with Crippen LogP contribution in [0.2, 0.25) is 5.02 Å². The highest BCUT2D eigenvalue weighted by Gasteiger charge is 2.21. The molecule has 1 N–H and O–H groups in total. The molecule has 0 amide bonds. The summed E-state index contributed by atoms with van der Waals surface area (Å²) in [5, 5.41) is 10.9. The lowest BCUT2D eigenvalue weighted by Gasteiger charge is -2.08. The van der Waals surface area contributed by atoms with Crippen LogP contribution in [0.25, 0.3) is 22.6 Å². The van der Waals surface area contributed by atoms with Crippen molar-refractivity contribution in [3.63, 3.8) is 0 Å². The van der Waals surface area contributed by atoms with Crippen molar-refractivity contribution in [2.75, 3.05) is 0 Å². The molecule has 0 atom stereocenters. The number of halogens is 1. The molecule has 0 aliphatic rings. The third-order valence-electron chi connectivity index (χ3n) is 5.38. The topological polar surface area (TPSA) is 86.5 Å². The second-order valence-corrected chi connectivity index (χ2v) is 7.85. The highest BCUT2D eigenvalue weighted by Crippen LogP contribution is 2.26. The quantitative estimate of drug-likeness (QED) is 0.472. The van der Waals surface area contributed by atoms with Crippen LogP contribution in [0.3, 0.4) is 0 Å². The van der Waals surface area contributed by atoms with Gasteiger partial charge in [0, 0.05) is 24.0 Å². The first kappa shape index (κ1) is 19.2. The van der Waals surface area contributed by atoms with Crippen LogP contribution in [0.15, 0.2) is 64.3 Å². The molecule has 0 aliphatic carbocycles. The van der Waals surface area contributed by atoms with Gasteiger partial charge in [0.2, 0.25) is 5.78 Å². The summed E-state index contributed by atoms with van der Waals surface area (Å²) in [6.45, 7) is 1.95. The number of phenols is 1. The minimum atomic E-state index is -0.468. The molecular formula is C22H18ClN5O3. The Morgan fingerprint density at radius 1 is 1.10 bits per heavy atom. The normalized spacial score (nSPS) is 11.6. The van der Waals surface area contributed by atoms with E-state index in [1.807, 2.05) is 13.0 Å². The number of benzene rings is 2. The SMILES string of the molecule is Cc1cn2c3c(=O)n(Cc4cccc(Cl)c4)c(=O)n(C)c3nc2n1-c1ccccc1O. The maximum absolute atomic E-state index is 13.4. The summed E-state index contributed by atoms with van der Waals surface area (Å²) < 4.78 is 5.95. The molecule has 0 unspecified atom stereocenters. The molecule has 0 saturated heterocycles. The van der Waals surface area contributed by atoms with E-state index < -0.39 is 11.2 Å². The Hall–Kier alpha value is -3.78. The molecule has 0 fully saturated rings. The lowest BCUT2D eigenvalue weighted by atomic mass is 10.2. The number of hydrogen-bond donors (Lipinski definition) is 1. The molecule has 0 aliphatic heterocycles. The predicted octanol–water partition coefficient (Wildman–Crippen LogP) is 2.85. The average Bonchev–Trinajstić information content (AvgIpc) is 3.25. The number of imidazole rings is 2. The summed E-state index contributed by atoms with van der Waals surface area (Å²) in [4.78, 5) is 30.9. The molecule has 0 spiro atoms. The van der Waals surface area contributed by atoms with Crippen molar-refractivity contribution >= 4 is 28.5 Å². The van der Waals surface area contributed by atoms with Crippen LogP contribution in [0, 0.1) is 6.92 Å². The van der Waals surface area contributed by atoms with E-state index in [9.17, 15) is 14.7 Å². The number of phenolic OH excluding ortho intramolecular Hbond substituents is 1. The zero-order valence-electron chi connectivity index (χ0n) is 16.8. The van der Waals surface area contributed by atoms with Gasteiger partial charge in [0.25, 0.3) is 5.56 Å². The predicted molar refractivity (Wildman–Crippen MR) is 118 cm³/mol. The Morgan fingerprint density at radius 3 is 2.61 bits per heavy atom. The van der Waals surface area contributed by atoms with Crippen LogP contribution in [-0.2, 0) is 13.6 Å². The molecule has 3 aromatic heterocycles. The molecule has 9 heteroatoms. The number of rotatable bonds is 3. The van der Waals surface area contributed by atoms with Crippen molar-refractivity contribution in [2.45, 2.75) is 13.5 Å². The number of hydrogen-bond acceptors (Lipinski definition) is 4. The van der Waals surface area contributed by atoms with E-state index in [1.165, 1.54) is 9.13 Å². The second kappa shape index (κ2) is 6.88. The van der Waals surface area contributed by atoms with Crippen LogP contribution in [0.4, 0.5) is 0 Å². The van der Waals surface area contributed by atoms with Crippen molar-refractivity contribution in [1.82, 2.24) is 23.1 Å². The van der Waals surface area contributed by atoms with E-state index in [-0.39, 0.29) is 23.5 Å². The largest absolute Gasteiger partial charge is 0.506 e. The van der Waals surface area contributed by atoms with Gasteiger partial charge in [0.1, 0.15) is 5.75 Å². The second-order valence-electron chi connectivity index (χ2n) is 7.41. The smallest absolute Gasteiger partial charge is 0.332 e. The minimum Gasteiger partial charge on any atom is -0.506 e. The van der Waals surface area contributed by atoms with Gasteiger partial charge in [0.05, 0.1) is 12.2 Å². The van der Waals surface area contributed by atoms with E-state index in [0.717, 1.165) is 11.3 Å². The van der Waals surface area contributed by atoms with Crippen molar-refractivity contribution in [3.8, 4) is 11.4 Å². The minimum absolute atomic E-state index is 0.0861. The molecule has 5 aromatic rings. The Balaban J connectivity index is 1.81. The van der Waals surface area contributed by atoms with E-state index in [0.29, 0.717) is 16.5 Å². The summed E-state index contributed by atoms with van der Waals surface area (Å²) in [6, 6.07) is 13.9. The van der Waals surface area contributed by atoms with E-state index in [1.54, 1.807) is 64.7 Å². The first-order valence-corrected chi connectivity index (χ1v) is 9.97. The lowest BCUT2D eigenvalue weighted by Crippen LogP contribution is -2.39. The van der Waals surface area contributed by atoms with Crippen LogP contribution < -0.4 is 11.2 Å². The lowest BCUT2D eigenvalue weighted by molar-refractivity contribution is 0.472. The number of nitrogens with zero attached hydrogens (tertiary/aromatic N) is 5. The summed E-state index contributed by atoms with van der Waals surface area (Å²) in [5.41, 5.74) is 1.71. The van der Waals surface area contributed by atoms with Crippen LogP contribution in [-0.4, -0.2) is 28.2 Å². The number of aryl methyl sites for hydroxylation is 2. The molecule has 0 saturated carbocycles. The highest BCUT2D eigenvalue weighted by molar-refractivity contribution is 6.30. The third kappa shape index (κ3) is 2.87. The third-order valence-corrected chi connectivity index (χ3v) is 5.61. The first-order chi connectivity index (χ1) is 14.9. The Kier molecular flexibility index (Phi) is 4.26. The zero-order valence-corrected chi connectivity index (χ0v) is 17.5. The molecular weight excluding hydrogens is 418 g/mol. The van der Waals surface area contributed by atoms with Gasteiger partial charge in [-0.15, -0.1) is 0 Å². The van der Waals surface area contributed by atoms with Gasteiger partial charge in [-0.3, -0.25) is 22.9 Å². The molecule has 3 heterocycles. The molecule has 5 rings (SSSR count). The van der Waals surface area contributed by atoms with Gasteiger partial charge in [-0.1, -0.05) is 35.9 Å². The number of aromatic hydroxyl groups is 1. The van der Waals surface area contributed by atoms with Crippen molar-refractivity contribution in [1.29, 1.82) is 0 Å². The maximum atomic E-state index is 13.4. The zero-order chi connectivity index (χ0) is 21.9.